The molecule has 1 aliphatic carbocycles. The maximum Gasteiger partial charge on any atom is 0.146 e. The quantitative estimate of drug-likeness (QED) is 0.204. The Labute approximate surface area is 234 Å². The SMILES string of the molecule is c1ccc(-n2c3ccc4c(c3c3ccc5c(c6cnccc6n6c7ccncc7nc56)c32)Cc2ccccc2-4)cc1. The third kappa shape index (κ3) is 2.63. The predicted molar refractivity (Wildman–Crippen MR) is 166 cm³/mol. The first-order valence-corrected chi connectivity index (χ1v) is 13.9. The number of para-hydroxylation sites is 1. The van der Waals surface area contributed by atoms with Gasteiger partial charge in [-0.25, -0.2) is 4.98 Å². The molecule has 41 heavy (non-hydrogen) atoms. The summed E-state index contributed by atoms with van der Waals surface area (Å²) in [4.78, 5) is 14.1. The zero-order valence-corrected chi connectivity index (χ0v) is 21.9. The largest absolute Gasteiger partial charge is 0.309 e. The van der Waals surface area contributed by atoms with Crippen LogP contribution in [0.1, 0.15) is 11.1 Å². The fourth-order valence-electron chi connectivity index (χ4n) is 7.27. The molecule has 190 valence electrons. The molecule has 5 heteroatoms. The molecule has 1 aliphatic rings. The van der Waals surface area contributed by atoms with Gasteiger partial charge in [0.15, 0.2) is 0 Å². The highest BCUT2D eigenvalue weighted by molar-refractivity contribution is 6.28. The molecule has 0 saturated carbocycles. The van der Waals surface area contributed by atoms with Gasteiger partial charge < -0.3 is 4.57 Å². The van der Waals surface area contributed by atoms with Gasteiger partial charge in [-0.05, 0) is 65.1 Å². The smallest absolute Gasteiger partial charge is 0.146 e. The molecule has 0 atom stereocenters. The number of imidazole rings is 1. The lowest BCUT2D eigenvalue weighted by Gasteiger charge is -2.13. The van der Waals surface area contributed by atoms with Crippen LogP contribution in [0.25, 0.3) is 77.0 Å². The average Bonchev–Trinajstić information content (AvgIpc) is 3.71. The summed E-state index contributed by atoms with van der Waals surface area (Å²) >= 11 is 0. The third-order valence-electron chi connectivity index (χ3n) is 8.90. The number of nitrogens with zero attached hydrogens (tertiary/aromatic N) is 5. The van der Waals surface area contributed by atoms with Gasteiger partial charge >= 0.3 is 0 Å². The first-order valence-electron chi connectivity index (χ1n) is 13.9. The van der Waals surface area contributed by atoms with E-state index in [0.29, 0.717) is 0 Å². The Bertz CT molecular complexity index is 2550. The van der Waals surface area contributed by atoms with Crippen LogP contribution >= 0.6 is 0 Å². The Morgan fingerprint density at radius 2 is 1.39 bits per heavy atom. The molecule has 0 spiro atoms. The summed E-state index contributed by atoms with van der Waals surface area (Å²) in [6.45, 7) is 0. The maximum atomic E-state index is 5.11. The van der Waals surface area contributed by atoms with E-state index in [-0.39, 0.29) is 0 Å². The zero-order chi connectivity index (χ0) is 26.7. The van der Waals surface area contributed by atoms with Gasteiger partial charge in [0.1, 0.15) is 11.2 Å². The Morgan fingerprint density at radius 3 is 2.32 bits per heavy atom. The van der Waals surface area contributed by atoms with Crippen molar-refractivity contribution in [2.75, 3.05) is 0 Å². The second-order valence-corrected chi connectivity index (χ2v) is 10.9. The van der Waals surface area contributed by atoms with Gasteiger partial charge in [-0.2, -0.15) is 0 Å². The molecule has 0 saturated heterocycles. The van der Waals surface area contributed by atoms with Crippen molar-refractivity contribution in [1.82, 2.24) is 23.9 Å². The van der Waals surface area contributed by atoms with Crippen LogP contribution in [0.15, 0.2) is 116 Å². The molecule has 5 heterocycles. The van der Waals surface area contributed by atoms with E-state index < -0.39 is 0 Å². The molecule has 9 aromatic rings. The molecular formula is C36H21N5. The van der Waals surface area contributed by atoms with Crippen molar-refractivity contribution in [3.05, 3.63) is 127 Å². The van der Waals surface area contributed by atoms with Crippen molar-refractivity contribution in [2.24, 2.45) is 0 Å². The minimum Gasteiger partial charge on any atom is -0.309 e. The van der Waals surface area contributed by atoms with Crippen molar-refractivity contribution in [1.29, 1.82) is 0 Å². The second-order valence-electron chi connectivity index (χ2n) is 10.9. The molecule has 4 aromatic carbocycles. The van der Waals surface area contributed by atoms with Gasteiger partial charge in [-0.3, -0.25) is 14.4 Å². The van der Waals surface area contributed by atoms with E-state index in [4.69, 9.17) is 4.98 Å². The van der Waals surface area contributed by atoms with Crippen LogP contribution in [0.3, 0.4) is 0 Å². The van der Waals surface area contributed by atoms with Crippen molar-refractivity contribution in [2.45, 2.75) is 6.42 Å². The van der Waals surface area contributed by atoms with Crippen LogP contribution in [0, 0.1) is 0 Å². The fraction of sp³-hybridized carbons (Fsp3) is 0.0278. The van der Waals surface area contributed by atoms with Crippen molar-refractivity contribution < 1.29 is 0 Å². The summed E-state index contributed by atoms with van der Waals surface area (Å²) in [7, 11) is 0. The normalized spacial score (nSPS) is 12.8. The van der Waals surface area contributed by atoms with Crippen LogP contribution in [-0.2, 0) is 6.42 Å². The maximum absolute atomic E-state index is 5.11. The predicted octanol–water partition coefficient (Wildman–Crippen LogP) is 8.25. The highest BCUT2D eigenvalue weighted by Gasteiger charge is 2.26. The molecule has 5 aromatic heterocycles. The van der Waals surface area contributed by atoms with E-state index in [2.05, 4.69) is 104 Å². The van der Waals surface area contributed by atoms with Crippen LogP contribution in [0.2, 0.25) is 0 Å². The Morgan fingerprint density at radius 1 is 0.585 bits per heavy atom. The summed E-state index contributed by atoms with van der Waals surface area (Å²) in [5.41, 5.74) is 13.0. The van der Waals surface area contributed by atoms with E-state index in [1.54, 1.807) is 0 Å². The van der Waals surface area contributed by atoms with E-state index in [1.807, 2.05) is 30.9 Å². The molecular weight excluding hydrogens is 502 g/mol. The first kappa shape index (κ1) is 21.3. The monoisotopic (exact) mass is 523 g/mol. The van der Waals surface area contributed by atoms with Crippen LogP contribution < -0.4 is 0 Å². The summed E-state index contributed by atoms with van der Waals surface area (Å²) in [5, 5.41) is 5.97. The van der Waals surface area contributed by atoms with E-state index in [1.165, 1.54) is 49.4 Å². The summed E-state index contributed by atoms with van der Waals surface area (Å²) < 4.78 is 4.70. The molecule has 0 aliphatic heterocycles. The van der Waals surface area contributed by atoms with Crippen LogP contribution in [0.5, 0.6) is 0 Å². The van der Waals surface area contributed by atoms with Crippen molar-refractivity contribution in [3.63, 3.8) is 0 Å². The summed E-state index contributed by atoms with van der Waals surface area (Å²) in [6.07, 6.45) is 8.51. The van der Waals surface area contributed by atoms with Gasteiger partial charge in [-0.1, -0.05) is 54.6 Å². The van der Waals surface area contributed by atoms with Crippen LogP contribution in [0.4, 0.5) is 0 Å². The topological polar surface area (TPSA) is 48.0 Å². The minimum absolute atomic E-state index is 0.886. The summed E-state index contributed by atoms with van der Waals surface area (Å²) in [6, 6.07) is 32.9. The molecule has 0 bridgehead atoms. The van der Waals surface area contributed by atoms with Gasteiger partial charge in [0, 0.05) is 51.2 Å². The lowest BCUT2D eigenvalue weighted by atomic mass is 9.99. The highest BCUT2D eigenvalue weighted by atomic mass is 15.0. The Kier molecular flexibility index (Phi) is 3.92. The van der Waals surface area contributed by atoms with E-state index >= 15 is 0 Å². The Balaban J connectivity index is 1.49. The molecule has 0 radical (unpaired) electrons. The Hall–Kier alpha value is -5.55. The molecule has 5 nitrogen and oxygen atoms in total. The van der Waals surface area contributed by atoms with Crippen molar-refractivity contribution >= 4 is 60.2 Å². The first-order chi connectivity index (χ1) is 20.4. The number of hydrogen-bond acceptors (Lipinski definition) is 3. The number of hydrogen-bond donors (Lipinski definition) is 0. The number of benzene rings is 4. The fourth-order valence-corrected chi connectivity index (χ4v) is 7.27. The average molecular weight is 524 g/mol. The highest BCUT2D eigenvalue weighted by Crippen LogP contribution is 2.47. The van der Waals surface area contributed by atoms with E-state index in [0.717, 1.165) is 45.1 Å². The molecule has 10 rings (SSSR count). The lowest BCUT2D eigenvalue weighted by molar-refractivity contribution is 1.18. The molecule has 0 unspecified atom stereocenters. The summed E-state index contributed by atoms with van der Waals surface area (Å²) in [5.74, 6) is 0. The number of fused-ring (bicyclic) bond motifs is 16. The minimum atomic E-state index is 0.886. The third-order valence-corrected chi connectivity index (χ3v) is 8.90. The number of aromatic nitrogens is 5. The second kappa shape index (κ2) is 7.55. The van der Waals surface area contributed by atoms with Gasteiger partial charge in [0.25, 0.3) is 0 Å². The molecule has 0 N–H and O–H groups in total. The van der Waals surface area contributed by atoms with E-state index in [9.17, 15) is 0 Å². The van der Waals surface area contributed by atoms with Gasteiger partial charge in [0.05, 0.1) is 28.3 Å². The number of rotatable bonds is 1. The number of pyridine rings is 3. The standard InChI is InChI=1S/C36H21N5/c1-2-7-22(8-3-1)40-32-13-12-24-23-9-5-4-6-21(23)18-27(24)33(32)25-10-11-26-34(35(25)40)28-19-37-16-14-30(28)41-31-15-17-38-20-29(31)39-36(26)41/h1-17,19-20H,18H2. The zero-order valence-electron chi connectivity index (χ0n) is 21.9. The van der Waals surface area contributed by atoms with Gasteiger partial charge in [0.2, 0.25) is 0 Å². The van der Waals surface area contributed by atoms with Gasteiger partial charge in [-0.15, -0.1) is 0 Å². The lowest BCUT2D eigenvalue weighted by Crippen LogP contribution is -1.97. The molecule has 0 fully saturated rings. The molecule has 0 amide bonds. The van der Waals surface area contributed by atoms with Crippen LogP contribution in [-0.4, -0.2) is 23.9 Å². The van der Waals surface area contributed by atoms with Crippen molar-refractivity contribution in [3.8, 4) is 16.8 Å².